The minimum atomic E-state index is 0.537. The van der Waals surface area contributed by atoms with Gasteiger partial charge in [0, 0.05) is 38.3 Å². The lowest BCUT2D eigenvalue weighted by molar-refractivity contribution is 0.311. The number of anilines is 1. The molecule has 0 unspecified atom stereocenters. The first-order valence-corrected chi connectivity index (χ1v) is 10.4. The van der Waals surface area contributed by atoms with E-state index in [-0.39, 0.29) is 0 Å². The second-order valence-corrected chi connectivity index (χ2v) is 7.21. The van der Waals surface area contributed by atoms with Crippen LogP contribution in [0.4, 0.5) is 5.82 Å². The second-order valence-electron chi connectivity index (χ2n) is 7.21. The molecule has 2 aliphatic rings. The van der Waals surface area contributed by atoms with Gasteiger partial charge in [0.15, 0.2) is 11.3 Å². The zero-order valence-electron chi connectivity index (χ0n) is 17.2. The maximum Gasteiger partial charge on any atom is 0.171 e. The summed E-state index contributed by atoms with van der Waals surface area (Å²) in [6, 6.07) is 8.65. The van der Waals surface area contributed by atoms with Crippen LogP contribution in [0.5, 0.6) is 0 Å². The Kier molecular flexibility index (Phi) is 6.32. The van der Waals surface area contributed by atoms with E-state index in [9.17, 15) is 0 Å². The minimum absolute atomic E-state index is 0.537. The summed E-state index contributed by atoms with van der Waals surface area (Å²) in [4.78, 5) is 9.31. The van der Waals surface area contributed by atoms with E-state index >= 15 is 0 Å². The van der Waals surface area contributed by atoms with Crippen LogP contribution in [0.15, 0.2) is 30.5 Å². The Balaban J connectivity index is 0.00000102. The van der Waals surface area contributed by atoms with Crippen LogP contribution in [-0.2, 0) is 6.54 Å². The molecular formula is C22H33N5. The largest absolute Gasteiger partial charge is 0.351 e. The van der Waals surface area contributed by atoms with Gasteiger partial charge in [-0.05, 0) is 38.3 Å². The highest BCUT2D eigenvalue weighted by atomic mass is 15.3. The predicted molar refractivity (Wildman–Crippen MR) is 112 cm³/mol. The Morgan fingerprint density at radius 2 is 1.74 bits per heavy atom. The molecule has 0 radical (unpaired) electrons. The van der Waals surface area contributed by atoms with Crippen molar-refractivity contribution >= 4 is 5.82 Å². The van der Waals surface area contributed by atoms with Crippen molar-refractivity contribution < 1.29 is 0 Å². The van der Waals surface area contributed by atoms with E-state index in [4.69, 9.17) is 10.4 Å². The van der Waals surface area contributed by atoms with E-state index in [1.54, 1.807) is 0 Å². The van der Waals surface area contributed by atoms with Gasteiger partial charge < -0.3 is 14.4 Å². The molecule has 1 saturated carbocycles. The first-order chi connectivity index (χ1) is 13.2. The summed E-state index contributed by atoms with van der Waals surface area (Å²) in [5, 5.41) is 8.76. The highest BCUT2D eigenvalue weighted by Crippen LogP contribution is 2.44. The van der Waals surface area contributed by atoms with E-state index < -0.39 is 0 Å². The van der Waals surface area contributed by atoms with Crippen LogP contribution in [0.25, 0.3) is 11.3 Å². The quantitative estimate of drug-likeness (QED) is 0.896. The van der Waals surface area contributed by atoms with Crippen LogP contribution in [0.3, 0.4) is 0 Å². The lowest BCUT2D eigenvalue weighted by atomic mass is 10.0. The molecule has 4 rings (SSSR count). The summed E-state index contributed by atoms with van der Waals surface area (Å²) in [5.74, 6) is 1.51. The summed E-state index contributed by atoms with van der Waals surface area (Å²) in [6.45, 7) is 10.8. The lowest BCUT2D eigenvalue weighted by Crippen LogP contribution is -2.47. The Morgan fingerprint density at radius 1 is 1.07 bits per heavy atom. The number of rotatable bonds is 4. The molecule has 1 aliphatic carbocycles. The van der Waals surface area contributed by atoms with Gasteiger partial charge in [-0.15, -0.1) is 0 Å². The van der Waals surface area contributed by atoms with Gasteiger partial charge in [0.25, 0.3) is 0 Å². The lowest BCUT2D eigenvalue weighted by Gasteiger charge is -2.33. The van der Waals surface area contributed by atoms with Crippen molar-refractivity contribution in [3.05, 3.63) is 41.5 Å². The number of nitrogens with one attached hydrogen (secondary N) is 1. The average molecular weight is 368 g/mol. The molecule has 2 fully saturated rings. The third kappa shape index (κ3) is 4.08. The van der Waals surface area contributed by atoms with Crippen LogP contribution < -0.4 is 10.4 Å². The molecule has 1 saturated heterocycles. The van der Waals surface area contributed by atoms with Crippen molar-refractivity contribution in [1.82, 2.24) is 14.5 Å². The molecule has 5 nitrogen and oxygen atoms in total. The van der Waals surface area contributed by atoms with Crippen molar-refractivity contribution in [2.45, 2.75) is 46.1 Å². The second kappa shape index (κ2) is 8.70. The van der Waals surface area contributed by atoms with Crippen molar-refractivity contribution in [3.8, 4) is 11.3 Å². The van der Waals surface area contributed by atoms with Gasteiger partial charge in [0.2, 0.25) is 0 Å². The monoisotopic (exact) mass is 367 g/mol. The van der Waals surface area contributed by atoms with Crippen LogP contribution in [0.1, 0.15) is 45.1 Å². The number of piperazine rings is 1. The zero-order chi connectivity index (χ0) is 19.4. The number of hydrogen-bond donors (Lipinski definition) is 1. The van der Waals surface area contributed by atoms with Gasteiger partial charge >= 0.3 is 0 Å². The molecule has 5 heteroatoms. The number of benzene rings is 1. The molecule has 0 bridgehead atoms. The van der Waals surface area contributed by atoms with E-state index in [1.165, 1.54) is 24.0 Å². The summed E-state index contributed by atoms with van der Waals surface area (Å²) in [7, 11) is 2.15. The molecule has 0 amide bonds. The smallest absolute Gasteiger partial charge is 0.171 e. The summed E-state index contributed by atoms with van der Waals surface area (Å²) in [6.07, 6.45) is 4.55. The Hall–Kier alpha value is -2.14. The van der Waals surface area contributed by atoms with Gasteiger partial charge in [0.05, 0.1) is 11.9 Å². The molecule has 2 heterocycles. The third-order valence-electron chi connectivity index (χ3n) is 5.45. The summed E-state index contributed by atoms with van der Waals surface area (Å²) in [5.41, 5.74) is 4.28. The van der Waals surface area contributed by atoms with Crippen molar-refractivity contribution in [2.24, 2.45) is 0 Å². The SMILES string of the molecule is CC.CCn1c(-c2ccccc2C2CC2)cnc(N2CCN(C)CC2)c1=N. The normalized spacial score (nSPS) is 17.4. The van der Waals surface area contributed by atoms with Crippen LogP contribution in [-0.4, -0.2) is 47.7 Å². The number of likely N-dealkylation sites (N-methyl/N-ethyl adjacent to an activating group) is 1. The van der Waals surface area contributed by atoms with Gasteiger partial charge in [-0.3, -0.25) is 5.41 Å². The molecule has 1 aromatic carbocycles. The molecule has 27 heavy (non-hydrogen) atoms. The van der Waals surface area contributed by atoms with Crippen LogP contribution >= 0.6 is 0 Å². The van der Waals surface area contributed by atoms with Crippen LogP contribution in [0, 0.1) is 5.41 Å². The fourth-order valence-electron chi connectivity index (χ4n) is 3.77. The highest BCUT2D eigenvalue weighted by molar-refractivity contribution is 5.65. The molecule has 1 aliphatic heterocycles. The van der Waals surface area contributed by atoms with Gasteiger partial charge in [-0.1, -0.05) is 38.1 Å². The Bertz CT molecular complexity index is 814. The maximum absolute atomic E-state index is 8.76. The molecule has 0 spiro atoms. The first-order valence-electron chi connectivity index (χ1n) is 10.4. The van der Waals surface area contributed by atoms with Gasteiger partial charge in [-0.25, -0.2) is 4.98 Å². The molecule has 1 aromatic heterocycles. The van der Waals surface area contributed by atoms with Crippen molar-refractivity contribution in [3.63, 3.8) is 0 Å². The van der Waals surface area contributed by atoms with E-state index in [1.807, 2.05) is 20.0 Å². The molecular weight excluding hydrogens is 334 g/mol. The van der Waals surface area contributed by atoms with Gasteiger partial charge in [-0.2, -0.15) is 0 Å². The Morgan fingerprint density at radius 3 is 2.37 bits per heavy atom. The fraction of sp³-hybridized carbons (Fsp3) is 0.545. The molecule has 146 valence electrons. The van der Waals surface area contributed by atoms with Gasteiger partial charge in [0.1, 0.15) is 0 Å². The minimum Gasteiger partial charge on any atom is -0.351 e. The Labute approximate surface area is 163 Å². The maximum atomic E-state index is 8.76. The molecule has 0 atom stereocenters. The number of hydrogen-bond acceptors (Lipinski definition) is 4. The van der Waals surface area contributed by atoms with Crippen molar-refractivity contribution in [1.29, 1.82) is 5.41 Å². The molecule has 2 aromatic rings. The fourth-order valence-corrected chi connectivity index (χ4v) is 3.77. The number of nitrogens with zero attached hydrogens (tertiary/aromatic N) is 4. The van der Waals surface area contributed by atoms with E-state index in [0.29, 0.717) is 11.4 Å². The summed E-state index contributed by atoms with van der Waals surface area (Å²) < 4.78 is 2.11. The first kappa shape index (κ1) is 19.6. The predicted octanol–water partition coefficient (Wildman–Crippen LogP) is 3.70. The standard InChI is InChI=1S/C20H27N5.C2H6/c1-3-25-18(17-7-5-4-6-16(17)15-8-9-15)14-22-20(19(25)21)24-12-10-23(2)11-13-24;1-2/h4-7,14-15,21H,3,8-13H2,1-2H3;1-2H3. The van der Waals surface area contributed by atoms with E-state index in [2.05, 4.69) is 52.6 Å². The molecule has 1 N–H and O–H groups in total. The van der Waals surface area contributed by atoms with Crippen LogP contribution in [0.2, 0.25) is 0 Å². The highest BCUT2D eigenvalue weighted by Gasteiger charge is 2.27. The summed E-state index contributed by atoms with van der Waals surface area (Å²) >= 11 is 0. The third-order valence-corrected chi connectivity index (χ3v) is 5.45. The topological polar surface area (TPSA) is 48.2 Å². The zero-order valence-corrected chi connectivity index (χ0v) is 17.2. The van der Waals surface area contributed by atoms with E-state index in [0.717, 1.165) is 44.2 Å². The number of aromatic nitrogens is 2. The van der Waals surface area contributed by atoms with Crippen molar-refractivity contribution in [2.75, 3.05) is 38.1 Å². The average Bonchev–Trinajstić information content (AvgIpc) is 3.55.